The van der Waals surface area contributed by atoms with Gasteiger partial charge in [-0.2, -0.15) is 0 Å². The smallest absolute Gasteiger partial charge is 0.240 e. The molecule has 0 aromatic heterocycles. The van der Waals surface area contributed by atoms with Crippen molar-refractivity contribution in [2.24, 2.45) is 17.6 Å². The summed E-state index contributed by atoms with van der Waals surface area (Å²) in [5.74, 6) is 1.90. The first kappa shape index (κ1) is 27.8. The average Bonchev–Trinajstić information content (AvgIpc) is 3.42. The van der Waals surface area contributed by atoms with Gasteiger partial charge in [-0.1, -0.05) is 70.2 Å². The number of nitrogen functional groups attached to an aromatic ring is 1. The van der Waals surface area contributed by atoms with Gasteiger partial charge in [0.1, 0.15) is 5.84 Å². The first-order chi connectivity index (χ1) is 16.5. The third-order valence-electron chi connectivity index (χ3n) is 7.11. The van der Waals surface area contributed by atoms with Gasteiger partial charge in [0.25, 0.3) is 0 Å². The topological polar surface area (TPSA) is 111 Å². The van der Waals surface area contributed by atoms with Crippen LogP contribution >= 0.6 is 0 Å². The normalized spacial score (nSPS) is 23.4. The molecule has 1 aromatic rings. The summed E-state index contributed by atoms with van der Waals surface area (Å²) in [5, 5.41) is 13.2. The van der Waals surface area contributed by atoms with Gasteiger partial charge in [-0.25, -0.2) is 0 Å². The van der Waals surface area contributed by atoms with Crippen LogP contribution in [0.3, 0.4) is 0 Å². The number of carbonyl (C=O) groups is 2. The van der Waals surface area contributed by atoms with Gasteiger partial charge in [0.15, 0.2) is 0 Å². The largest absolute Gasteiger partial charge is 0.384 e. The van der Waals surface area contributed by atoms with E-state index in [0.29, 0.717) is 30.3 Å². The van der Waals surface area contributed by atoms with Crippen molar-refractivity contribution in [1.29, 1.82) is 5.41 Å². The molecule has 1 aromatic carbocycles. The Hall–Kier alpha value is -2.41. The summed E-state index contributed by atoms with van der Waals surface area (Å²) in [4.78, 5) is 24.6. The van der Waals surface area contributed by atoms with E-state index in [1.54, 1.807) is 12.1 Å². The summed E-state index contributed by atoms with van der Waals surface area (Å²) in [6.07, 6.45) is 12.3. The van der Waals surface area contributed by atoms with Crippen molar-refractivity contribution in [2.45, 2.75) is 84.2 Å². The van der Waals surface area contributed by atoms with E-state index in [-0.39, 0.29) is 11.9 Å². The zero-order valence-corrected chi connectivity index (χ0v) is 21.2. The summed E-state index contributed by atoms with van der Waals surface area (Å²) in [5.41, 5.74) is 6.95. The van der Waals surface area contributed by atoms with E-state index in [0.717, 1.165) is 31.1 Å². The number of amides is 2. The monoisotopic (exact) mass is 471 g/mol. The molecule has 2 amide bonds. The molecule has 4 rings (SSSR count). The van der Waals surface area contributed by atoms with Gasteiger partial charge in [-0.15, -0.1) is 0 Å². The molecule has 7 heteroatoms. The van der Waals surface area contributed by atoms with E-state index in [2.05, 4.69) is 29.4 Å². The summed E-state index contributed by atoms with van der Waals surface area (Å²) < 4.78 is 0. The number of amidine groups is 1. The Bertz CT molecular complexity index is 742. The first-order valence-electron chi connectivity index (χ1n) is 13.1. The molecule has 0 radical (unpaired) electrons. The predicted octanol–water partition coefficient (Wildman–Crippen LogP) is 3.80. The first-order valence-corrected chi connectivity index (χ1v) is 13.1. The fraction of sp³-hybridized carbons (Fsp3) is 0.667. The van der Waals surface area contributed by atoms with Crippen molar-refractivity contribution in [3.8, 4) is 0 Å². The Morgan fingerprint density at radius 3 is 2.32 bits per heavy atom. The molecule has 0 bridgehead atoms. The van der Waals surface area contributed by atoms with Gasteiger partial charge in [0.2, 0.25) is 12.3 Å². The lowest BCUT2D eigenvalue weighted by molar-refractivity contribution is -0.135. The lowest BCUT2D eigenvalue weighted by Gasteiger charge is -2.42. The van der Waals surface area contributed by atoms with Crippen molar-refractivity contribution >= 4 is 18.2 Å². The van der Waals surface area contributed by atoms with Gasteiger partial charge in [-0.3, -0.25) is 15.0 Å². The van der Waals surface area contributed by atoms with Crippen LogP contribution in [0.15, 0.2) is 24.3 Å². The lowest BCUT2D eigenvalue weighted by atomic mass is 9.71. The molecule has 7 nitrogen and oxygen atoms in total. The quantitative estimate of drug-likeness (QED) is 0.287. The molecule has 2 saturated heterocycles. The van der Waals surface area contributed by atoms with E-state index in [9.17, 15) is 9.59 Å². The highest BCUT2D eigenvalue weighted by Crippen LogP contribution is 2.37. The van der Waals surface area contributed by atoms with E-state index in [1.807, 2.05) is 12.1 Å². The van der Waals surface area contributed by atoms with Crippen LogP contribution in [0, 0.1) is 17.2 Å². The van der Waals surface area contributed by atoms with E-state index < -0.39 is 0 Å². The number of piperidine rings is 1. The van der Waals surface area contributed by atoms with Gasteiger partial charge in [0, 0.05) is 25.2 Å². The van der Waals surface area contributed by atoms with Crippen LogP contribution in [-0.2, 0) is 16.1 Å². The molecule has 34 heavy (non-hydrogen) atoms. The molecule has 1 aliphatic carbocycles. The minimum Gasteiger partial charge on any atom is -0.384 e. The number of unbranched alkanes of at least 4 members (excludes halogenated alkanes) is 1. The van der Waals surface area contributed by atoms with Crippen LogP contribution < -0.4 is 16.4 Å². The minimum atomic E-state index is 0.0508. The van der Waals surface area contributed by atoms with Crippen molar-refractivity contribution in [3.05, 3.63) is 35.4 Å². The van der Waals surface area contributed by atoms with Crippen LogP contribution in [0.2, 0.25) is 0 Å². The van der Waals surface area contributed by atoms with E-state index >= 15 is 0 Å². The number of nitrogens with two attached hydrogens (primary N) is 1. The molecule has 2 heterocycles. The van der Waals surface area contributed by atoms with E-state index in [1.165, 1.54) is 57.8 Å². The number of carbonyl (C=O) groups excluding carboxylic acids is 2. The summed E-state index contributed by atoms with van der Waals surface area (Å²) in [6.45, 7) is 7.90. The number of nitrogens with one attached hydrogen (secondary N) is 3. The highest BCUT2D eigenvalue weighted by molar-refractivity contribution is 5.94. The number of likely N-dealkylation sites (tertiary alicyclic amines) is 1. The van der Waals surface area contributed by atoms with Crippen LogP contribution in [-0.4, -0.2) is 48.7 Å². The maximum absolute atomic E-state index is 12.5. The van der Waals surface area contributed by atoms with Gasteiger partial charge >= 0.3 is 0 Å². The summed E-state index contributed by atoms with van der Waals surface area (Å²) >= 11 is 0. The Kier molecular flexibility index (Phi) is 12.7. The third-order valence-corrected chi connectivity index (χ3v) is 7.11. The summed E-state index contributed by atoms with van der Waals surface area (Å²) in [6, 6.07) is 7.31. The minimum absolute atomic E-state index is 0.0508. The zero-order valence-electron chi connectivity index (χ0n) is 21.2. The van der Waals surface area contributed by atoms with Gasteiger partial charge in [-0.05, 0) is 49.6 Å². The second-order valence-corrected chi connectivity index (χ2v) is 9.57. The maximum atomic E-state index is 12.5. The van der Waals surface area contributed by atoms with Gasteiger partial charge in [0.05, 0.1) is 6.04 Å². The number of fused-ring (bicyclic) bond motifs is 1. The number of hydrogen-bond donors (Lipinski definition) is 4. The highest BCUT2D eigenvalue weighted by Gasteiger charge is 2.40. The summed E-state index contributed by atoms with van der Waals surface area (Å²) in [7, 11) is 0. The molecular weight excluding hydrogens is 426 g/mol. The Labute approximate surface area is 205 Å². The van der Waals surface area contributed by atoms with Crippen molar-refractivity contribution in [1.82, 2.24) is 15.5 Å². The number of benzene rings is 1. The molecule has 3 fully saturated rings. The second-order valence-electron chi connectivity index (χ2n) is 9.57. The molecule has 5 N–H and O–H groups in total. The van der Waals surface area contributed by atoms with Crippen LogP contribution in [0.5, 0.6) is 0 Å². The van der Waals surface area contributed by atoms with Crippen molar-refractivity contribution in [2.75, 3.05) is 19.6 Å². The molecule has 1 saturated carbocycles. The average molecular weight is 472 g/mol. The van der Waals surface area contributed by atoms with Crippen molar-refractivity contribution in [3.63, 3.8) is 0 Å². The SMILES string of the molecule is CCCC.N=C(N)c1ccc(CNC=O)cc1.O=C(C1NCCC2CCCCC21)N1CCCC1. The lowest BCUT2D eigenvalue weighted by Crippen LogP contribution is -2.55. The van der Waals surface area contributed by atoms with Crippen LogP contribution in [0.4, 0.5) is 0 Å². The van der Waals surface area contributed by atoms with Crippen LogP contribution in [0.25, 0.3) is 0 Å². The Balaban J connectivity index is 0.000000214. The Morgan fingerprint density at radius 2 is 1.74 bits per heavy atom. The molecular formula is C27H45N5O2. The fourth-order valence-corrected chi connectivity index (χ4v) is 4.98. The molecule has 3 aliphatic rings. The second kappa shape index (κ2) is 15.5. The molecule has 190 valence electrons. The van der Waals surface area contributed by atoms with Crippen molar-refractivity contribution < 1.29 is 9.59 Å². The Morgan fingerprint density at radius 1 is 1.09 bits per heavy atom. The van der Waals surface area contributed by atoms with E-state index in [4.69, 9.17) is 11.1 Å². The number of hydrogen-bond acceptors (Lipinski definition) is 4. The third kappa shape index (κ3) is 8.75. The molecule has 3 atom stereocenters. The molecule has 3 unspecified atom stereocenters. The molecule has 0 spiro atoms. The number of nitrogens with zero attached hydrogens (tertiary/aromatic N) is 1. The van der Waals surface area contributed by atoms with Gasteiger partial charge < -0.3 is 21.3 Å². The highest BCUT2D eigenvalue weighted by atomic mass is 16.2. The molecule has 2 aliphatic heterocycles. The zero-order chi connectivity index (χ0) is 24.8. The fourth-order valence-electron chi connectivity index (χ4n) is 4.98. The standard InChI is InChI=1S/C14H24N2O.C9H11N3O.C4H10/c17-14(16-9-3-4-10-16)13-12-6-2-1-5-11(12)7-8-15-13;10-9(11)8-3-1-7(2-4-8)5-12-6-13;1-3-4-2/h11-13,15H,1-10H2;1-4,6H,5H2,(H3,10,11)(H,12,13);3-4H2,1-2H3. The van der Waals surface area contributed by atoms with Crippen LogP contribution in [0.1, 0.15) is 82.8 Å². The maximum Gasteiger partial charge on any atom is 0.240 e. The predicted molar refractivity (Wildman–Crippen MR) is 139 cm³/mol. The number of rotatable bonds is 6.